The molecule has 1 fully saturated rings. The van der Waals surface area contributed by atoms with Crippen LogP contribution >= 0.6 is 11.3 Å². The van der Waals surface area contributed by atoms with Crippen LogP contribution in [0.2, 0.25) is 0 Å². The summed E-state index contributed by atoms with van der Waals surface area (Å²) in [6, 6.07) is 9.61. The molecular weight excluding hydrogens is 284 g/mol. The smallest absolute Gasteiger partial charge is 0.164 e. The number of ether oxygens (including phenoxy) is 1. The normalized spacial score (nSPS) is 19.5. The molecule has 0 spiro atoms. The molecule has 5 heteroatoms. The largest absolute Gasteiger partial charge is 0.378 e. The van der Waals surface area contributed by atoms with Gasteiger partial charge in [0.2, 0.25) is 0 Å². The van der Waals surface area contributed by atoms with Gasteiger partial charge < -0.3 is 4.74 Å². The highest BCUT2D eigenvalue weighted by Crippen LogP contribution is 2.18. The summed E-state index contributed by atoms with van der Waals surface area (Å²) in [7, 11) is 0. The van der Waals surface area contributed by atoms with Crippen molar-refractivity contribution in [2.75, 3.05) is 19.8 Å². The van der Waals surface area contributed by atoms with Crippen LogP contribution in [0, 0.1) is 0 Å². The number of hydrogen-bond donors (Lipinski definition) is 0. The van der Waals surface area contributed by atoms with Crippen LogP contribution in [-0.2, 0) is 11.3 Å². The van der Waals surface area contributed by atoms with E-state index >= 15 is 0 Å². The van der Waals surface area contributed by atoms with Crippen molar-refractivity contribution in [3.05, 3.63) is 52.5 Å². The highest BCUT2D eigenvalue weighted by molar-refractivity contribution is 7.09. The summed E-state index contributed by atoms with van der Waals surface area (Å²) in [5.41, 5.74) is 0.775. The summed E-state index contributed by atoms with van der Waals surface area (Å²) in [4.78, 5) is 19.0. The molecule has 0 radical (unpaired) electrons. The molecule has 2 aromatic rings. The predicted octanol–water partition coefficient (Wildman–Crippen LogP) is 2.62. The lowest BCUT2D eigenvalue weighted by Crippen LogP contribution is -2.45. The van der Waals surface area contributed by atoms with Crippen LogP contribution in [0.4, 0.5) is 0 Å². The van der Waals surface area contributed by atoms with Gasteiger partial charge in [0.05, 0.1) is 19.8 Å². The highest BCUT2D eigenvalue weighted by Gasteiger charge is 2.26. The molecule has 0 N–H and O–H groups in total. The second-order valence-electron chi connectivity index (χ2n) is 5.12. The van der Waals surface area contributed by atoms with Crippen molar-refractivity contribution in [2.24, 2.45) is 0 Å². The van der Waals surface area contributed by atoms with Gasteiger partial charge in [-0.3, -0.25) is 9.69 Å². The third kappa shape index (κ3) is 3.75. The molecule has 0 saturated carbocycles. The number of aromatic nitrogens is 1. The van der Waals surface area contributed by atoms with Gasteiger partial charge in [-0.1, -0.05) is 30.3 Å². The number of thiazole rings is 1. The highest BCUT2D eigenvalue weighted by atomic mass is 32.1. The molecule has 0 aliphatic carbocycles. The molecule has 1 aliphatic heterocycles. The summed E-state index contributed by atoms with van der Waals surface area (Å²) < 4.78 is 5.56. The number of benzene rings is 1. The fraction of sp³-hybridized carbons (Fsp3) is 0.375. The molecule has 0 bridgehead atoms. The molecule has 3 rings (SSSR count). The molecule has 1 atom stereocenters. The van der Waals surface area contributed by atoms with E-state index in [1.807, 2.05) is 41.9 Å². The first-order valence-corrected chi connectivity index (χ1v) is 7.99. The van der Waals surface area contributed by atoms with Crippen LogP contribution in [0.5, 0.6) is 0 Å². The van der Waals surface area contributed by atoms with E-state index in [0.717, 1.165) is 30.3 Å². The zero-order valence-electron chi connectivity index (χ0n) is 11.8. The number of morpholine rings is 1. The fourth-order valence-electron chi connectivity index (χ4n) is 2.55. The van der Waals surface area contributed by atoms with Gasteiger partial charge in [-0.25, -0.2) is 4.98 Å². The lowest BCUT2D eigenvalue weighted by molar-refractivity contribution is -0.0126. The van der Waals surface area contributed by atoms with Crippen molar-refractivity contribution >= 4 is 17.1 Å². The van der Waals surface area contributed by atoms with E-state index in [0.29, 0.717) is 13.0 Å². The second-order valence-corrected chi connectivity index (χ2v) is 6.10. The van der Waals surface area contributed by atoms with Crippen molar-refractivity contribution in [3.63, 3.8) is 0 Å². The minimum atomic E-state index is 0.135. The lowest BCUT2D eigenvalue weighted by atomic mass is 10.0. The first kappa shape index (κ1) is 14.4. The molecule has 21 heavy (non-hydrogen) atoms. The monoisotopic (exact) mass is 302 g/mol. The van der Waals surface area contributed by atoms with Gasteiger partial charge in [0.15, 0.2) is 5.78 Å². The number of Topliss-reactive ketones (excluding diaryl/α,β-unsaturated/α-hetero) is 1. The topological polar surface area (TPSA) is 42.4 Å². The van der Waals surface area contributed by atoms with E-state index in [1.54, 1.807) is 11.3 Å². The number of ketones is 1. The second kappa shape index (κ2) is 6.93. The Morgan fingerprint density at radius 2 is 2.24 bits per heavy atom. The van der Waals surface area contributed by atoms with Crippen LogP contribution in [0.25, 0.3) is 0 Å². The van der Waals surface area contributed by atoms with Crippen LogP contribution in [0.1, 0.15) is 21.8 Å². The van der Waals surface area contributed by atoms with Gasteiger partial charge in [0, 0.05) is 36.1 Å². The van der Waals surface area contributed by atoms with E-state index in [-0.39, 0.29) is 11.8 Å². The Morgan fingerprint density at radius 3 is 3.00 bits per heavy atom. The van der Waals surface area contributed by atoms with Gasteiger partial charge in [0.25, 0.3) is 0 Å². The average molecular weight is 302 g/mol. The lowest BCUT2D eigenvalue weighted by Gasteiger charge is -2.34. The molecular formula is C16H18N2O2S. The number of rotatable bonds is 5. The van der Waals surface area contributed by atoms with Crippen molar-refractivity contribution in [1.29, 1.82) is 0 Å². The molecule has 1 aromatic heterocycles. The van der Waals surface area contributed by atoms with E-state index in [2.05, 4.69) is 9.88 Å². The molecule has 4 nitrogen and oxygen atoms in total. The molecule has 1 aromatic carbocycles. The van der Waals surface area contributed by atoms with Gasteiger partial charge in [0.1, 0.15) is 5.01 Å². The maximum Gasteiger partial charge on any atom is 0.164 e. The number of carbonyl (C=O) groups is 1. The van der Waals surface area contributed by atoms with Crippen LogP contribution < -0.4 is 0 Å². The van der Waals surface area contributed by atoms with Gasteiger partial charge in [-0.2, -0.15) is 0 Å². The molecule has 110 valence electrons. The van der Waals surface area contributed by atoms with Gasteiger partial charge >= 0.3 is 0 Å². The Balaban J connectivity index is 1.65. The standard InChI is InChI=1S/C16H18N2O2S/c19-15(13-4-2-1-3-5-13)10-14-12-20-8-7-18(14)11-16-17-6-9-21-16/h1-6,9,14H,7-8,10-12H2. The van der Waals surface area contributed by atoms with Crippen LogP contribution in [0.3, 0.4) is 0 Å². The molecule has 1 unspecified atom stereocenters. The third-order valence-electron chi connectivity index (χ3n) is 3.69. The van der Waals surface area contributed by atoms with Crippen molar-refractivity contribution in [2.45, 2.75) is 19.0 Å². The van der Waals surface area contributed by atoms with Gasteiger partial charge in [-0.05, 0) is 0 Å². The zero-order valence-corrected chi connectivity index (χ0v) is 12.6. The summed E-state index contributed by atoms with van der Waals surface area (Å²) >= 11 is 1.66. The van der Waals surface area contributed by atoms with E-state index in [9.17, 15) is 4.79 Å². The average Bonchev–Trinajstić information content (AvgIpc) is 3.03. The number of nitrogens with zero attached hydrogens (tertiary/aromatic N) is 2. The first-order valence-electron chi connectivity index (χ1n) is 7.11. The Morgan fingerprint density at radius 1 is 1.38 bits per heavy atom. The van der Waals surface area contributed by atoms with E-state index < -0.39 is 0 Å². The number of hydrogen-bond acceptors (Lipinski definition) is 5. The zero-order chi connectivity index (χ0) is 14.5. The Labute approximate surface area is 128 Å². The molecule has 1 saturated heterocycles. The summed E-state index contributed by atoms with van der Waals surface area (Å²) in [6.45, 7) is 2.99. The first-order chi connectivity index (χ1) is 10.3. The minimum absolute atomic E-state index is 0.135. The number of carbonyl (C=O) groups excluding carboxylic acids is 1. The van der Waals surface area contributed by atoms with E-state index in [1.165, 1.54) is 0 Å². The van der Waals surface area contributed by atoms with Crippen molar-refractivity contribution in [3.8, 4) is 0 Å². The van der Waals surface area contributed by atoms with Crippen molar-refractivity contribution < 1.29 is 9.53 Å². The van der Waals surface area contributed by atoms with Crippen molar-refractivity contribution in [1.82, 2.24) is 9.88 Å². The van der Waals surface area contributed by atoms with Crippen LogP contribution in [0.15, 0.2) is 41.9 Å². The molecule has 1 aliphatic rings. The quantitative estimate of drug-likeness (QED) is 0.796. The maximum atomic E-state index is 12.4. The maximum absolute atomic E-state index is 12.4. The molecule has 0 amide bonds. The Kier molecular flexibility index (Phi) is 4.75. The summed E-state index contributed by atoms with van der Waals surface area (Å²) in [6.07, 6.45) is 2.32. The Bertz CT molecular complexity index is 571. The van der Waals surface area contributed by atoms with Crippen LogP contribution in [-0.4, -0.2) is 41.5 Å². The predicted molar refractivity (Wildman–Crippen MR) is 82.5 cm³/mol. The Hall–Kier alpha value is -1.56. The summed E-state index contributed by atoms with van der Waals surface area (Å²) in [5, 5.41) is 3.08. The fourth-order valence-corrected chi connectivity index (χ4v) is 3.19. The molecule has 2 heterocycles. The SMILES string of the molecule is O=C(CC1COCCN1Cc1nccs1)c1ccccc1. The van der Waals surface area contributed by atoms with Gasteiger partial charge in [-0.15, -0.1) is 11.3 Å². The third-order valence-corrected chi connectivity index (χ3v) is 4.45. The van der Waals surface area contributed by atoms with E-state index in [4.69, 9.17) is 4.74 Å². The summed E-state index contributed by atoms with van der Waals surface area (Å²) in [5.74, 6) is 0.176. The minimum Gasteiger partial charge on any atom is -0.378 e.